The molecule has 1 unspecified atom stereocenters. The quantitative estimate of drug-likeness (QED) is 0.664. The standard InChI is InChI=1S/C21H24N4O/c26-21(16-9-7-15(8-10-16)17-4-3-12-22-14-17)23-13-11-20-24-18-5-1-2-6-19(18)25-20/h1-2,5-10,17,22H,3-4,11-14H2,(H,23,26)(H,24,25). The van der Waals surface area contributed by atoms with E-state index in [2.05, 4.69) is 32.7 Å². The lowest BCUT2D eigenvalue weighted by Crippen LogP contribution is -2.28. The molecule has 1 aromatic heterocycles. The topological polar surface area (TPSA) is 69.8 Å². The van der Waals surface area contributed by atoms with Crippen molar-refractivity contribution in [3.63, 3.8) is 0 Å². The number of piperidine rings is 1. The van der Waals surface area contributed by atoms with Gasteiger partial charge in [-0.25, -0.2) is 4.98 Å². The third-order valence-corrected chi connectivity index (χ3v) is 5.03. The zero-order valence-corrected chi connectivity index (χ0v) is 14.8. The number of carbonyl (C=O) groups excluding carboxylic acids is 1. The molecular weight excluding hydrogens is 324 g/mol. The minimum absolute atomic E-state index is 0.0329. The Labute approximate surface area is 153 Å². The molecule has 5 heteroatoms. The zero-order chi connectivity index (χ0) is 17.8. The van der Waals surface area contributed by atoms with Crippen molar-refractivity contribution in [3.8, 4) is 0 Å². The summed E-state index contributed by atoms with van der Waals surface area (Å²) < 4.78 is 0. The van der Waals surface area contributed by atoms with Gasteiger partial charge in [0.05, 0.1) is 11.0 Å². The highest BCUT2D eigenvalue weighted by atomic mass is 16.1. The first-order chi connectivity index (χ1) is 12.8. The van der Waals surface area contributed by atoms with Crippen LogP contribution < -0.4 is 10.6 Å². The number of carbonyl (C=O) groups is 1. The minimum Gasteiger partial charge on any atom is -0.352 e. The molecule has 0 spiro atoms. The van der Waals surface area contributed by atoms with Crippen LogP contribution in [0.5, 0.6) is 0 Å². The number of rotatable bonds is 5. The van der Waals surface area contributed by atoms with Crippen molar-refractivity contribution in [3.05, 3.63) is 65.5 Å². The smallest absolute Gasteiger partial charge is 0.251 e. The van der Waals surface area contributed by atoms with Crippen LogP contribution in [0.2, 0.25) is 0 Å². The molecule has 0 aliphatic carbocycles. The molecule has 1 atom stereocenters. The number of hydrogen-bond acceptors (Lipinski definition) is 3. The molecule has 0 bridgehead atoms. The summed E-state index contributed by atoms with van der Waals surface area (Å²) in [7, 11) is 0. The molecule has 3 aromatic rings. The van der Waals surface area contributed by atoms with Crippen LogP contribution >= 0.6 is 0 Å². The van der Waals surface area contributed by atoms with Crippen molar-refractivity contribution in [2.75, 3.05) is 19.6 Å². The molecule has 2 heterocycles. The summed E-state index contributed by atoms with van der Waals surface area (Å²) in [6.45, 7) is 2.71. The van der Waals surface area contributed by atoms with Gasteiger partial charge in [0, 0.05) is 25.1 Å². The van der Waals surface area contributed by atoms with E-state index >= 15 is 0 Å². The second kappa shape index (κ2) is 7.70. The fraction of sp³-hybridized carbons (Fsp3) is 0.333. The van der Waals surface area contributed by atoms with Crippen LogP contribution in [0.3, 0.4) is 0 Å². The van der Waals surface area contributed by atoms with Gasteiger partial charge >= 0.3 is 0 Å². The molecule has 1 fully saturated rings. The van der Waals surface area contributed by atoms with E-state index in [0.29, 0.717) is 24.4 Å². The first-order valence-corrected chi connectivity index (χ1v) is 9.32. The predicted octanol–water partition coefficient (Wildman–Crippen LogP) is 3.00. The largest absolute Gasteiger partial charge is 0.352 e. The summed E-state index contributed by atoms with van der Waals surface area (Å²) in [5, 5.41) is 6.42. The van der Waals surface area contributed by atoms with Crippen molar-refractivity contribution in [1.29, 1.82) is 0 Å². The Kier molecular flexibility index (Phi) is 4.97. The summed E-state index contributed by atoms with van der Waals surface area (Å²) >= 11 is 0. The molecule has 0 radical (unpaired) electrons. The van der Waals surface area contributed by atoms with Crippen molar-refractivity contribution < 1.29 is 4.79 Å². The molecule has 26 heavy (non-hydrogen) atoms. The second-order valence-electron chi connectivity index (χ2n) is 6.87. The summed E-state index contributed by atoms with van der Waals surface area (Å²) in [6.07, 6.45) is 3.12. The number of H-pyrrole nitrogens is 1. The molecule has 4 rings (SSSR count). The highest BCUT2D eigenvalue weighted by Gasteiger charge is 2.15. The van der Waals surface area contributed by atoms with Crippen molar-refractivity contribution in [2.45, 2.75) is 25.2 Å². The van der Waals surface area contributed by atoms with Crippen LogP contribution in [0.25, 0.3) is 11.0 Å². The summed E-state index contributed by atoms with van der Waals surface area (Å²) in [5.74, 6) is 1.43. The lowest BCUT2D eigenvalue weighted by molar-refractivity contribution is 0.0954. The lowest BCUT2D eigenvalue weighted by Gasteiger charge is -2.23. The molecule has 134 valence electrons. The Bertz CT molecular complexity index is 845. The normalized spacial score (nSPS) is 17.3. The van der Waals surface area contributed by atoms with Crippen LogP contribution in [0.4, 0.5) is 0 Å². The Hall–Kier alpha value is -2.66. The fourth-order valence-electron chi connectivity index (χ4n) is 3.56. The molecule has 1 aliphatic rings. The average Bonchev–Trinajstić information content (AvgIpc) is 3.11. The van der Waals surface area contributed by atoms with Crippen LogP contribution in [-0.4, -0.2) is 35.5 Å². The molecule has 1 saturated heterocycles. The number of aromatic nitrogens is 2. The van der Waals surface area contributed by atoms with E-state index in [1.54, 1.807) is 0 Å². The summed E-state index contributed by atoms with van der Waals surface area (Å²) in [6, 6.07) is 16.0. The maximum atomic E-state index is 12.3. The molecule has 1 aliphatic heterocycles. The van der Waals surface area contributed by atoms with Gasteiger partial charge in [-0.05, 0) is 55.1 Å². The van der Waals surface area contributed by atoms with Gasteiger partial charge < -0.3 is 15.6 Å². The maximum Gasteiger partial charge on any atom is 0.251 e. The van der Waals surface area contributed by atoms with Crippen LogP contribution in [0.15, 0.2) is 48.5 Å². The highest BCUT2D eigenvalue weighted by Crippen LogP contribution is 2.23. The number of benzene rings is 2. The van der Waals surface area contributed by atoms with Gasteiger partial charge in [0.15, 0.2) is 0 Å². The minimum atomic E-state index is -0.0329. The SMILES string of the molecule is O=C(NCCc1nc2ccccc2[nH]1)c1ccc(C2CCCNC2)cc1. The van der Waals surface area contributed by atoms with Crippen LogP contribution in [0.1, 0.15) is 40.5 Å². The van der Waals surface area contributed by atoms with E-state index in [0.717, 1.165) is 29.9 Å². The van der Waals surface area contributed by atoms with Gasteiger partial charge in [0.25, 0.3) is 5.91 Å². The van der Waals surface area contributed by atoms with E-state index in [4.69, 9.17) is 0 Å². The predicted molar refractivity (Wildman–Crippen MR) is 103 cm³/mol. The fourth-order valence-corrected chi connectivity index (χ4v) is 3.56. The first-order valence-electron chi connectivity index (χ1n) is 9.32. The van der Waals surface area contributed by atoms with Gasteiger partial charge in [-0.3, -0.25) is 4.79 Å². The van der Waals surface area contributed by atoms with E-state index in [1.807, 2.05) is 36.4 Å². The van der Waals surface area contributed by atoms with Gasteiger partial charge in [-0.15, -0.1) is 0 Å². The maximum absolute atomic E-state index is 12.3. The number of amides is 1. The molecule has 3 N–H and O–H groups in total. The Balaban J connectivity index is 1.31. The number of aromatic amines is 1. The third kappa shape index (κ3) is 3.78. The molecule has 0 saturated carbocycles. The average molecular weight is 348 g/mol. The Morgan fingerprint density at radius 3 is 2.77 bits per heavy atom. The second-order valence-corrected chi connectivity index (χ2v) is 6.87. The van der Waals surface area contributed by atoms with Crippen molar-refractivity contribution in [2.24, 2.45) is 0 Å². The monoisotopic (exact) mass is 348 g/mol. The van der Waals surface area contributed by atoms with E-state index < -0.39 is 0 Å². The van der Waals surface area contributed by atoms with Gasteiger partial charge in [0.1, 0.15) is 5.82 Å². The van der Waals surface area contributed by atoms with E-state index in [1.165, 1.54) is 18.4 Å². The van der Waals surface area contributed by atoms with E-state index in [9.17, 15) is 4.79 Å². The number of para-hydroxylation sites is 2. The molecule has 2 aromatic carbocycles. The van der Waals surface area contributed by atoms with Crippen molar-refractivity contribution >= 4 is 16.9 Å². The number of imidazole rings is 1. The number of fused-ring (bicyclic) bond motifs is 1. The van der Waals surface area contributed by atoms with Crippen LogP contribution in [-0.2, 0) is 6.42 Å². The number of nitrogens with zero attached hydrogens (tertiary/aromatic N) is 1. The van der Waals surface area contributed by atoms with Crippen LogP contribution in [0, 0.1) is 0 Å². The number of nitrogens with one attached hydrogen (secondary N) is 3. The molecular formula is C21H24N4O. The van der Waals surface area contributed by atoms with Crippen molar-refractivity contribution in [1.82, 2.24) is 20.6 Å². The highest BCUT2D eigenvalue weighted by molar-refractivity contribution is 5.94. The third-order valence-electron chi connectivity index (χ3n) is 5.03. The van der Waals surface area contributed by atoms with Gasteiger partial charge in [-0.2, -0.15) is 0 Å². The first kappa shape index (κ1) is 16.8. The van der Waals surface area contributed by atoms with Gasteiger partial charge in [-0.1, -0.05) is 24.3 Å². The summed E-state index contributed by atoms with van der Waals surface area (Å²) in [5.41, 5.74) is 4.02. The molecule has 1 amide bonds. The lowest BCUT2D eigenvalue weighted by atomic mass is 9.91. The van der Waals surface area contributed by atoms with Gasteiger partial charge in [0.2, 0.25) is 0 Å². The summed E-state index contributed by atoms with van der Waals surface area (Å²) in [4.78, 5) is 20.2. The molecule has 5 nitrogen and oxygen atoms in total. The number of hydrogen-bond donors (Lipinski definition) is 3. The zero-order valence-electron chi connectivity index (χ0n) is 14.8. The Morgan fingerprint density at radius 1 is 1.15 bits per heavy atom. The Morgan fingerprint density at radius 2 is 2.00 bits per heavy atom. The van der Waals surface area contributed by atoms with E-state index in [-0.39, 0.29) is 5.91 Å².